The molecule has 1 aromatic heterocycles. The minimum Gasteiger partial charge on any atom is -0.482 e. The Morgan fingerprint density at radius 1 is 1.10 bits per heavy atom. The summed E-state index contributed by atoms with van der Waals surface area (Å²) >= 11 is 6.05. The lowest BCUT2D eigenvalue weighted by Crippen LogP contribution is -1.99. The summed E-state index contributed by atoms with van der Waals surface area (Å²) < 4.78 is 23.8. The zero-order valence-corrected chi connectivity index (χ0v) is 11.5. The third-order valence-electron chi connectivity index (χ3n) is 2.77. The van der Waals surface area contributed by atoms with Crippen LogP contribution in [0.4, 0.5) is 4.39 Å². The molecule has 0 radical (unpaired) electrons. The summed E-state index contributed by atoms with van der Waals surface area (Å²) in [6, 6.07) is 13.3. The van der Waals surface area contributed by atoms with E-state index in [1.165, 1.54) is 12.1 Å². The van der Waals surface area contributed by atoms with E-state index in [0.717, 1.165) is 0 Å². The van der Waals surface area contributed by atoms with Gasteiger partial charge in [-0.3, -0.25) is 0 Å². The van der Waals surface area contributed by atoms with Crippen molar-refractivity contribution in [2.45, 2.75) is 6.61 Å². The second kappa shape index (κ2) is 5.93. The average molecular weight is 305 g/mol. The normalized spacial score (nSPS) is 10.6. The van der Waals surface area contributed by atoms with Gasteiger partial charge in [0.1, 0.15) is 0 Å². The molecular weight excluding hydrogens is 295 g/mol. The van der Waals surface area contributed by atoms with Crippen molar-refractivity contribution < 1.29 is 13.7 Å². The summed E-state index contributed by atoms with van der Waals surface area (Å²) in [5, 5.41) is 4.30. The van der Waals surface area contributed by atoms with Crippen molar-refractivity contribution in [2.75, 3.05) is 0 Å². The van der Waals surface area contributed by atoms with Gasteiger partial charge in [-0.1, -0.05) is 41.0 Å². The number of nitrogens with zero attached hydrogens (tertiary/aromatic N) is 2. The molecule has 2 aromatic carbocycles. The van der Waals surface area contributed by atoms with Crippen LogP contribution >= 0.6 is 11.6 Å². The molecule has 0 spiro atoms. The average Bonchev–Trinajstić information content (AvgIpc) is 2.96. The molecule has 21 heavy (non-hydrogen) atoms. The summed E-state index contributed by atoms with van der Waals surface area (Å²) in [5.41, 5.74) is 0.642. The van der Waals surface area contributed by atoms with Crippen molar-refractivity contribution in [3.05, 3.63) is 65.2 Å². The summed E-state index contributed by atoms with van der Waals surface area (Å²) in [6.07, 6.45) is 0. The van der Waals surface area contributed by atoms with Crippen molar-refractivity contribution >= 4 is 11.6 Å². The van der Waals surface area contributed by atoms with Gasteiger partial charge in [-0.2, -0.15) is 4.98 Å². The van der Waals surface area contributed by atoms with Crippen LogP contribution in [-0.4, -0.2) is 10.1 Å². The summed E-state index contributed by atoms with van der Waals surface area (Å²) in [5.74, 6) is 0.315. The summed E-state index contributed by atoms with van der Waals surface area (Å²) in [4.78, 5) is 4.18. The van der Waals surface area contributed by atoms with Gasteiger partial charge in [-0.05, 0) is 24.3 Å². The molecule has 0 fully saturated rings. The van der Waals surface area contributed by atoms with Crippen LogP contribution in [0.5, 0.6) is 5.75 Å². The predicted octanol–water partition coefficient (Wildman–Crippen LogP) is 4.11. The van der Waals surface area contributed by atoms with Crippen molar-refractivity contribution in [1.29, 1.82) is 0 Å². The zero-order chi connectivity index (χ0) is 14.7. The maximum absolute atomic E-state index is 13.4. The van der Waals surface area contributed by atoms with E-state index >= 15 is 0 Å². The van der Waals surface area contributed by atoms with Crippen molar-refractivity contribution in [2.24, 2.45) is 0 Å². The van der Waals surface area contributed by atoms with E-state index in [-0.39, 0.29) is 12.4 Å². The van der Waals surface area contributed by atoms with Crippen LogP contribution in [-0.2, 0) is 6.61 Å². The maximum Gasteiger partial charge on any atom is 0.259 e. The molecule has 3 aromatic rings. The van der Waals surface area contributed by atoms with E-state index in [2.05, 4.69) is 10.1 Å². The van der Waals surface area contributed by atoms with E-state index < -0.39 is 5.82 Å². The smallest absolute Gasteiger partial charge is 0.259 e. The van der Waals surface area contributed by atoms with Gasteiger partial charge in [0.25, 0.3) is 5.89 Å². The van der Waals surface area contributed by atoms with Gasteiger partial charge in [0.2, 0.25) is 5.82 Å². The first-order chi connectivity index (χ1) is 10.2. The van der Waals surface area contributed by atoms with Gasteiger partial charge in [0, 0.05) is 0 Å². The molecule has 1 heterocycles. The second-order valence-electron chi connectivity index (χ2n) is 4.21. The third-order valence-corrected chi connectivity index (χ3v) is 3.10. The molecule has 0 aliphatic heterocycles. The highest BCUT2D eigenvalue weighted by Crippen LogP contribution is 2.26. The molecule has 0 amide bonds. The Bertz CT molecular complexity index is 761. The molecule has 106 valence electrons. The van der Waals surface area contributed by atoms with Crippen molar-refractivity contribution in [1.82, 2.24) is 10.1 Å². The number of benzene rings is 2. The highest BCUT2D eigenvalue weighted by atomic mass is 35.5. The highest BCUT2D eigenvalue weighted by Gasteiger charge is 2.12. The molecule has 0 unspecified atom stereocenters. The van der Waals surface area contributed by atoms with Crippen LogP contribution in [0, 0.1) is 5.82 Å². The Kier molecular flexibility index (Phi) is 3.83. The van der Waals surface area contributed by atoms with Gasteiger partial charge in [0.05, 0.1) is 10.6 Å². The van der Waals surface area contributed by atoms with Crippen molar-refractivity contribution in [3.8, 4) is 17.2 Å². The van der Waals surface area contributed by atoms with Gasteiger partial charge in [-0.15, -0.1) is 0 Å². The molecule has 0 atom stereocenters. The number of ether oxygens (including phenoxy) is 1. The second-order valence-corrected chi connectivity index (χ2v) is 4.62. The zero-order valence-electron chi connectivity index (χ0n) is 10.8. The number of rotatable bonds is 4. The minimum absolute atomic E-state index is 0.00882. The molecule has 4 nitrogen and oxygen atoms in total. The highest BCUT2D eigenvalue weighted by molar-refractivity contribution is 6.33. The number of aromatic nitrogens is 2. The van der Waals surface area contributed by atoms with E-state index in [4.69, 9.17) is 20.9 Å². The van der Waals surface area contributed by atoms with Crippen LogP contribution in [0.3, 0.4) is 0 Å². The Hall–Kier alpha value is -2.40. The van der Waals surface area contributed by atoms with Crippen molar-refractivity contribution in [3.63, 3.8) is 0 Å². The van der Waals surface area contributed by atoms with Crippen LogP contribution in [0.2, 0.25) is 5.02 Å². The first-order valence-electron chi connectivity index (χ1n) is 6.19. The van der Waals surface area contributed by atoms with E-state index in [9.17, 15) is 4.39 Å². The van der Waals surface area contributed by atoms with E-state index in [1.54, 1.807) is 24.3 Å². The van der Waals surface area contributed by atoms with Crippen LogP contribution in [0.15, 0.2) is 53.1 Å². The molecule has 0 aliphatic carbocycles. The molecule has 0 saturated carbocycles. The maximum atomic E-state index is 13.4. The number of halogens is 2. The lowest BCUT2D eigenvalue weighted by atomic mass is 10.2. The van der Waals surface area contributed by atoms with Gasteiger partial charge in [0.15, 0.2) is 18.2 Å². The first-order valence-corrected chi connectivity index (χ1v) is 6.56. The summed E-state index contributed by atoms with van der Waals surface area (Å²) in [7, 11) is 0. The molecule has 0 saturated heterocycles. The predicted molar refractivity (Wildman–Crippen MR) is 75.5 cm³/mol. The molecule has 6 heteroatoms. The number of hydrogen-bond donors (Lipinski definition) is 0. The fourth-order valence-electron chi connectivity index (χ4n) is 1.76. The Balaban J connectivity index is 1.74. The molecule has 3 rings (SSSR count). The molecule has 0 aliphatic rings. The monoisotopic (exact) mass is 304 g/mol. The molecular formula is C15H10ClFN2O2. The fraction of sp³-hybridized carbons (Fsp3) is 0.0667. The fourth-order valence-corrected chi connectivity index (χ4v) is 1.98. The van der Waals surface area contributed by atoms with Crippen LogP contribution < -0.4 is 4.74 Å². The SMILES string of the molecule is Fc1ccccc1OCc1noc(-c2ccccc2Cl)n1. The quantitative estimate of drug-likeness (QED) is 0.728. The van der Waals surface area contributed by atoms with Gasteiger partial charge >= 0.3 is 0 Å². The van der Waals surface area contributed by atoms with E-state index in [0.29, 0.717) is 22.3 Å². The molecule has 0 N–H and O–H groups in total. The van der Waals surface area contributed by atoms with Gasteiger partial charge < -0.3 is 9.26 Å². The minimum atomic E-state index is -0.438. The van der Waals surface area contributed by atoms with Crippen LogP contribution in [0.25, 0.3) is 11.5 Å². The largest absolute Gasteiger partial charge is 0.482 e. The standard InChI is InChI=1S/C15H10ClFN2O2/c16-11-6-2-1-5-10(11)15-18-14(19-21-15)9-20-13-8-4-3-7-12(13)17/h1-8H,9H2. The lowest BCUT2D eigenvalue weighted by molar-refractivity contribution is 0.274. The van der Waals surface area contributed by atoms with Crippen LogP contribution in [0.1, 0.15) is 5.82 Å². The lowest BCUT2D eigenvalue weighted by Gasteiger charge is -2.03. The Morgan fingerprint density at radius 3 is 2.67 bits per heavy atom. The third kappa shape index (κ3) is 3.03. The first kappa shape index (κ1) is 13.6. The Labute approximate surface area is 125 Å². The number of para-hydroxylation sites is 1. The Morgan fingerprint density at radius 2 is 1.86 bits per heavy atom. The van der Waals surface area contributed by atoms with E-state index in [1.807, 2.05) is 12.1 Å². The van der Waals surface area contributed by atoms with Gasteiger partial charge in [-0.25, -0.2) is 4.39 Å². The number of hydrogen-bond acceptors (Lipinski definition) is 4. The topological polar surface area (TPSA) is 48.2 Å². The molecule has 0 bridgehead atoms. The summed E-state index contributed by atoms with van der Waals surface area (Å²) in [6.45, 7) is 0.00882.